The van der Waals surface area contributed by atoms with E-state index in [1.807, 2.05) is 41.5 Å². The number of hydrogen-bond donors (Lipinski definition) is 0. The second-order valence-corrected chi connectivity index (χ2v) is 11.7. The zero-order valence-corrected chi connectivity index (χ0v) is 28.8. The Morgan fingerprint density at radius 1 is 0.543 bits per heavy atom. The third-order valence-corrected chi connectivity index (χ3v) is 5.16. The van der Waals surface area contributed by atoms with Crippen LogP contribution in [0.15, 0.2) is 5.11 Å². The second-order valence-electron chi connectivity index (χ2n) is 11.7. The van der Waals surface area contributed by atoms with Crippen LogP contribution in [0, 0.1) is 0 Å². The summed E-state index contributed by atoms with van der Waals surface area (Å²) in [6, 6.07) is 0. The first-order chi connectivity index (χ1) is 21.9. The van der Waals surface area contributed by atoms with Gasteiger partial charge in [-0.2, -0.15) is 0 Å². The normalized spacial score (nSPS) is 11.7. The SMILES string of the molecule is CC(C)(C)OC(=O)CCOCCOCCOCCOCCN(CCOCCOCCOCCOCCN=[N+]=[N-])C(=O)OC(C)(C)C. The first-order valence-corrected chi connectivity index (χ1v) is 15.8. The van der Waals surface area contributed by atoms with Crippen molar-refractivity contribution in [2.45, 2.75) is 59.2 Å². The van der Waals surface area contributed by atoms with Crippen LogP contribution in [0.2, 0.25) is 0 Å². The molecule has 46 heavy (non-hydrogen) atoms. The average Bonchev–Trinajstić information content (AvgIpc) is 2.96. The Kier molecular flexibility index (Phi) is 27.5. The number of rotatable bonds is 30. The Labute approximate surface area is 274 Å². The van der Waals surface area contributed by atoms with Gasteiger partial charge in [0.1, 0.15) is 11.2 Å². The first-order valence-electron chi connectivity index (χ1n) is 15.8. The van der Waals surface area contributed by atoms with Crippen LogP contribution in [-0.2, 0) is 52.2 Å². The van der Waals surface area contributed by atoms with Crippen LogP contribution in [0.25, 0.3) is 10.4 Å². The van der Waals surface area contributed by atoms with Gasteiger partial charge in [0.05, 0.1) is 112 Å². The van der Waals surface area contributed by atoms with Gasteiger partial charge in [0.15, 0.2) is 0 Å². The number of amides is 1. The summed E-state index contributed by atoms with van der Waals surface area (Å²) < 4.78 is 54.4. The van der Waals surface area contributed by atoms with Crippen molar-refractivity contribution in [3.05, 3.63) is 10.4 Å². The van der Waals surface area contributed by atoms with Gasteiger partial charge in [0.2, 0.25) is 0 Å². The highest BCUT2D eigenvalue weighted by Crippen LogP contribution is 2.10. The van der Waals surface area contributed by atoms with Gasteiger partial charge in [0, 0.05) is 24.5 Å². The van der Waals surface area contributed by atoms with Gasteiger partial charge >= 0.3 is 12.1 Å². The van der Waals surface area contributed by atoms with Gasteiger partial charge in [-0.15, -0.1) is 0 Å². The van der Waals surface area contributed by atoms with Gasteiger partial charge in [-0.25, -0.2) is 4.79 Å². The predicted octanol–water partition coefficient (Wildman–Crippen LogP) is 3.40. The number of ether oxygens (including phenoxy) is 10. The van der Waals surface area contributed by atoms with Crippen LogP contribution in [0.5, 0.6) is 0 Å². The molecular weight excluding hydrogens is 608 g/mol. The molecule has 0 rings (SSSR count). The van der Waals surface area contributed by atoms with E-state index in [9.17, 15) is 9.59 Å². The fraction of sp³-hybridized carbons (Fsp3) is 0.933. The Morgan fingerprint density at radius 2 is 0.891 bits per heavy atom. The molecule has 0 unspecified atom stereocenters. The maximum absolute atomic E-state index is 12.6. The summed E-state index contributed by atoms with van der Waals surface area (Å²) in [5, 5.41) is 3.37. The van der Waals surface area contributed by atoms with Crippen molar-refractivity contribution >= 4 is 12.1 Å². The molecule has 0 aliphatic heterocycles. The van der Waals surface area contributed by atoms with E-state index in [1.165, 1.54) is 0 Å². The molecule has 0 atom stereocenters. The van der Waals surface area contributed by atoms with Gasteiger partial charge in [-0.05, 0) is 47.1 Å². The van der Waals surface area contributed by atoms with Crippen molar-refractivity contribution in [1.82, 2.24) is 4.90 Å². The summed E-state index contributed by atoms with van der Waals surface area (Å²) in [6.45, 7) is 18.1. The fourth-order valence-corrected chi connectivity index (χ4v) is 3.19. The Morgan fingerprint density at radius 3 is 1.26 bits per heavy atom. The minimum Gasteiger partial charge on any atom is -0.460 e. The van der Waals surface area contributed by atoms with Crippen molar-refractivity contribution in [2.24, 2.45) is 5.11 Å². The second kappa shape index (κ2) is 28.9. The standard InChI is InChI=1S/C30H58N4O12/c1-29(2,3)45-27(35)7-11-37-15-19-41-23-25-43-21-17-39-13-9-34(28(36)46-30(4,5)6)10-14-40-18-22-44-26-24-42-20-16-38-12-8-32-33-31/h7-26H2,1-6H3. The summed E-state index contributed by atoms with van der Waals surface area (Å²) in [5.74, 6) is -0.284. The highest BCUT2D eigenvalue weighted by atomic mass is 16.6. The molecule has 0 aromatic rings. The van der Waals surface area contributed by atoms with Crippen molar-refractivity contribution in [1.29, 1.82) is 0 Å². The molecule has 270 valence electrons. The quantitative estimate of drug-likeness (QED) is 0.0359. The summed E-state index contributed by atoms with van der Waals surface area (Å²) in [7, 11) is 0. The molecule has 0 N–H and O–H groups in total. The van der Waals surface area contributed by atoms with Crippen LogP contribution in [0.1, 0.15) is 48.0 Å². The largest absolute Gasteiger partial charge is 0.460 e. The lowest BCUT2D eigenvalue weighted by Crippen LogP contribution is -2.40. The molecule has 0 saturated heterocycles. The molecule has 0 spiro atoms. The van der Waals surface area contributed by atoms with Gasteiger partial charge < -0.3 is 52.3 Å². The topological polar surface area (TPSA) is 178 Å². The highest BCUT2D eigenvalue weighted by molar-refractivity contribution is 5.70. The van der Waals surface area contributed by atoms with Crippen molar-refractivity contribution < 1.29 is 57.0 Å². The molecule has 0 bridgehead atoms. The van der Waals surface area contributed by atoms with Crippen LogP contribution in [-0.4, -0.2) is 154 Å². The zero-order valence-electron chi connectivity index (χ0n) is 28.8. The summed E-state index contributed by atoms with van der Waals surface area (Å²) >= 11 is 0. The maximum atomic E-state index is 12.6. The Bertz CT molecular complexity index is 802. The van der Waals surface area contributed by atoms with E-state index in [2.05, 4.69) is 10.0 Å². The molecule has 0 aromatic heterocycles. The van der Waals surface area contributed by atoms with Gasteiger partial charge in [-0.3, -0.25) is 4.79 Å². The van der Waals surface area contributed by atoms with Crippen molar-refractivity contribution in [3.63, 3.8) is 0 Å². The molecule has 0 radical (unpaired) electrons. The molecule has 1 amide bonds. The minimum atomic E-state index is -0.618. The predicted molar refractivity (Wildman–Crippen MR) is 169 cm³/mol. The third kappa shape index (κ3) is 33.1. The monoisotopic (exact) mass is 666 g/mol. The van der Waals surface area contributed by atoms with E-state index < -0.39 is 17.3 Å². The number of carbonyl (C=O) groups is 2. The lowest BCUT2D eigenvalue weighted by molar-refractivity contribution is -0.156. The van der Waals surface area contributed by atoms with Crippen LogP contribution in [0.4, 0.5) is 4.79 Å². The highest BCUT2D eigenvalue weighted by Gasteiger charge is 2.22. The molecule has 0 heterocycles. The number of esters is 1. The lowest BCUT2D eigenvalue weighted by atomic mass is 10.2. The van der Waals surface area contributed by atoms with E-state index >= 15 is 0 Å². The molecule has 0 saturated carbocycles. The van der Waals surface area contributed by atoms with Crippen molar-refractivity contribution in [2.75, 3.05) is 125 Å². The summed E-state index contributed by atoms with van der Waals surface area (Å²) in [6.07, 6.45) is -0.226. The number of hydrogen-bond acceptors (Lipinski definition) is 13. The van der Waals surface area contributed by atoms with E-state index in [-0.39, 0.29) is 12.4 Å². The number of azide groups is 1. The first kappa shape index (κ1) is 43.7. The molecule has 0 aromatic carbocycles. The smallest absolute Gasteiger partial charge is 0.410 e. The van der Waals surface area contributed by atoms with Crippen LogP contribution in [0.3, 0.4) is 0 Å². The van der Waals surface area contributed by atoms with Gasteiger partial charge in [0.25, 0.3) is 0 Å². The molecule has 0 fully saturated rings. The summed E-state index contributed by atoms with van der Waals surface area (Å²) in [5.41, 5.74) is 7.06. The zero-order chi connectivity index (χ0) is 34.4. The van der Waals surface area contributed by atoms with E-state index in [0.29, 0.717) is 125 Å². The van der Waals surface area contributed by atoms with Gasteiger partial charge in [-0.1, -0.05) is 5.11 Å². The molecule has 16 nitrogen and oxygen atoms in total. The number of nitrogens with zero attached hydrogens (tertiary/aromatic N) is 4. The van der Waals surface area contributed by atoms with E-state index in [0.717, 1.165) is 0 Å². The molecule has 16 heteroatoms. The van der Waals surface area contributed by atoms with Crippen LogP contribution >= 0.6 is 0 Å². The summed E-state index contributed by atoms with van der Waals surface area (Å²) in [4.78, 5) is 28.4. The minimum absolute atomic E-state index is 0.208. The molecule has 0 aliphatic carbocycles. The van der Waals surface area contributed by atoms with Crippen LogP contribution < -0.4 is 0 Å². The third-order valence-electron chi connectivity index (χ3n) is 5.16. The maximum Gasteiger partial charge on any atom is 0.410 e. The fourth-order valence-electron chi connectivity index (χ4n) is 3.19. The van der Waals surface area contributed by atoms with E-state index in [1.54, 1.807) is 4.90 Å². The lowest BCUT2D eigenvalue weighted by Gasteiger charge is -2.27. The Hall–Kier alpha value is -2.27. The van der Waals surface area contributed by atoms with E-state index in [4.69, 9.17) is 52.9 Å². The number of carbonyl (C=O) groups excluding carboxylic acids is 2. The molecular formula is C30H58N4O12. The Balaban J connectivity index is 3.84. The average molecular weight is 667 g/mol. The molecule has 0 aliphatic rings. The van der Waals surface area contributed by atoms with Crippen molar-refractivity contribution in [3.8, 4) is 0 Å².